The van der Waals surface area contributed by atoms with Crippen LogP contribution in [0.1, 0.15) is 39.0 Å². The van der Waals surface area contributed by atoms with E-state index in [1.807, 2.05) is 0 Å². The van der Waals surface area contributed by atoms with E-state index in [9.17, 15) is 5.11 Å². The SMILES string of the molecule is CC1CCC(O)C(CN(C)C2CCN(C)CC2)C1. The molecule has 0 aromatic carbocycles. The van der Waals surface area contributed by atoms with Crippen molar-refractivity contribution in [2.24, 2.45) is 11.8 Å². The number of rotatable bonds is 3. The third-order valence-corrected chi connectivity index (χ3v) is 5.04. The summed E-state index contributed by atoms with van der Waals surface area (Å²) in [6.07, 6.45) is 5.92. The summed E-state index contributed by atoms with van der Waals surface area (Å²) in [5, 5.41) is 10.1. The molecule has 3 heteroatoms. The Balaban J connectivity index is 1.80. The zero-order valence-electron chi connectivity index (χ0n) is 12.3. The van der Waals surface area contributed by atoms with Crippen LogP contribution in [0.25, 0.3) is 0 Å². The normalized spacial score (nSPS) is 36.2. The summed E-state index contributed by atoms with van der Waals surface area (Å²) in [4.78, 5) is 4.93. The van der Waals surface area contributed by atoms with Crippen molar-refractivity contribution in [1.82, 2.24) is 9.80 Å². The molecule has 106 valence electrons. The van der Waals surface area contributed by atoms with Gasteiger partial charge < -0.3 is 14.9 Å². The van der Waals surface area contributed by atoms with Gasteiger partial charge in [-0.05, 0) is 71.1 Å². The molecule has 2 rings (SSSR count). The number of likely N-dealkylation sites (tertiary alicyclic amines) is 1. The van der Waals surface area contributed by atoms with Crippen LogP contribution < -0.4 is 0 Å². The van der Waals surface area contributed by atoms with Gasteiger partial charge in [-0.1, -0.05) is 6.92 Å². The minimum absolute atomic E-state index is 0.0603. The number of aliphatic hydroxyl groups excluding tert-OH is 1. The van der Waals surface area contributed by atoms with Crippen molar-refractivity contribution in [3.63, 3.8) is 0 Å². The highest BCUT2D eigenvalue weighted by atomic mass is 16.3. The van der Waals surface area contributed by atoms with Gasteiger partial charge >= 0.3 is 0 Å². The van der Waals surface area contributed by atoms with Gasteiger partial charge in [-0.25, -0.2) is 0 Å². The van der Waals surface area contributed by atoms with Gasteiger partial charge in [0.1, 0.15) is 0 Å². The molecular formula is C15H30N2O. The Bertz CT molecular complexity index is 251. The Morgan fingerprint density at radius 1 is 1.17 bits per heavy atom. The zero-order chi connectivity index (χ0) is 13.1. The number of aliphatic hydroxyl groups is 1. The average molecular weight is 254 g/mol. The molecule has 18 heavy (non-hydrogen) atoms. The van der Waals surface area contributed by atoms with Crippen molar-refractivity contribution in [3.8, 4) is 0 Å². The molecule has 1 aliphatic heterocycles. The standard InChI is InChI=1S/C15H30N2O/c1-12-4-5-15(18)13(10-12)11-17(3)14-6-8-16(2)9-7-14/h12-15,18H,4-11H2,1-3H3. The van der Waals surface area contributed by atoms with Crippen LogP contribution in [0.4, 0.5) is 0 Å². The zero-order valence-corrected chi connectivity index (χ0v) is 12.3. The highest BCUT2D eigenvalue weighted by molar-refractivity contribution is 4.83. The van der Waals surface area contributed by atoms with Crippen molar-refractivity contribution in [2.45, 2.75) is 51.2 Å². The molecule has 2 aliphatic rings. The number of piperidine rings is 1. The van der Waals surface area contributed by atoms with Gasteiger partial charge in [0.15, 0.2) is 0 Å². The molecule has 1 N–H and O–H groups in total. The number of nitrogens with zero attached hydrogens (tertiary/aromatic N) is 2. The summed E-state index contributed by atoms with van der Waals surface area (Å²) < 4.78 is 0. The van der Waals surface area contributed by atoms with Gasteiger partial charge in [-0.2, -0.15) is 0 Å². The smallest absolute Gasteiger partial charge is 0.0580 e. The summed E-state index contributed by atoms with van der Waals surface area (Å²) in [6, 6.07) is 0.727. The summed E-state index contributed by atoms with van der Waals surface area (Å²) in [5.41, 5.74) is 0. The predicted octanol–water partition coefficient (Wildman–Crippen LogP) is 1.81. The van der Waals surface area contributed by atoms with Crippen molar-refractivity contribution < 1.29 is 5.11 Å². The topological polar surface area (TPSA) is 26.7 Å². The first-order valence-electron chi connectivity index (χ1n) is 7.63. The lowest BCUT2D eigenvalue weighted by molar-refractivity contribution is 0.0214. The molecule has 3 atom stereocenters. The quantitative estimate of drug-likeness (QED) is 0.832. The summed E-state index contributed by atoms with van der Waals surface area (Å²) in [6.45, 7) is 5.85. The summed E-state index contributed by atoms with van der Waals surface area (Å²) >= 11 is 0. The van der Waals surface area contributed by atoms with Crippen LogP contribution in [0.3, 0.4) is 0 Å². The molecule has 0 bridgehead atoms. The van der Waals surface area contributed by atoms with Gasteiger partial charge in [-0.3, -0.25) is 0 Å². The average Bonchev–Trinajstić information content (AvgIpc) is 2.34. The van der Waals surface area contributed by atoms with Crippen molar-refractivity contribution in [2.75, 3.05) is 33.7 Å². The largest absolute Gasteiger partial charge is 0.393 e. The Labute approximate surface area is 112 Å². The Kier molecular flexibility index (Phi) is 5.05. The Hall–Kier alpha value is -0.120. The van der Waals surface area contributed by atoms with Gasteiger partial charge in [0.25, 0.3) is 0 Å². The molecule has 0 aromatic rings. The van der Waals surface area contributed by atoms with Gasteiger partial charge in [-0.15, -0.1) is 0 Å². The van der Waals surface area contributed by atoms with Gasteiger partial charge in [0.05, 0.1) is 6.10 Å². The van der Waals surface area contributed by atoms with E-state index in [4.69, 9.17) is 0 Å². The van der Waals surface area contributed by atoms with Crippen LogP contribution in [-0.2, 0) is 0 Å². The van der Waals surface area contributed by atoms with E-state index in [0.717, 1.165) is 24.9 Å². The second-order valence-electron chi connectivity index (χ2n) is 6.72. The second kappa shape index (κ2) is 6.36. The molecule has 3 unspecified atom stereocenters. The molecule has 1 heterocycles. The summed E-state index contributed by atoms with van der Waals surface area (Å²) in [7, 11) is 4.46. The number of hydrogen-bond acceptors (Lipinski definition) is 3. The van der Waals surface area contributed by atoms with Crippen LogP contribution in [0.15, 0.2) is 0 Å². The minimum atomic E-state index is -0.0603. The lowest BCUT2D eigenvalue weighted by atomic mass is 9.80. The second-order valence-corrected chi connectivity index (χ2v) is 6.72. The maximum absolute atomic E-state index is 10.1. The lowest BCUT2D eigenvalue weighted by Gasteiger charge is -2.39. The number of hydrogen-bond donors (Lipinski definition) is 1. The Morgan fingerprint density at radius 3 is 2.50 bits per heavy atom. The first kappa shape index (κ1) is 14.3. The fourth-order valence-electron chi connectivity index (χ4n) is 3.63. The molecule has 1 saturated heterocycles. The van der Waals surface area contributed by atoms with Crippen LogP contribution in [-0.4, -0.2) is 60.8 Å². The van der Waals surface area contributed by atoms with E-state index in [2.05, 4.69) is 30.8 Å². The van der Waals surface area contributed by atoms with Crippen molar-refractivity contribution >= 4 is 0 Å². The molecule has 1 saturated carbocycles. The highest BCUT2D eigenvalue weighted by Gasteiger charge is 2.30. The van der Waals surface area contributed by atoms with E-state index in [-0.39, 0.29) is 6.10 Å². The maximum atomic E-state index is 10.1. The molecule has 0 aromatic heterocycles. The monoisotopic (exact) mass is 254 g/mol. The molecule has 0 spiro atoms. The molecular weight excluding hydrogens is 224 g/mol. The van der Waals surface area contributed by atoms with Gasteiger partial charge in [0.2, 0.25) is 0 Å². The first-order valence-corrected chi connectivity index (χ1v) is 7.63. The van der Waals surface area contributed by atoms with E-state index in [1.54, 1.807) is 0 Å². The molecule has 2 fully saturated rings. The minimum Gasteiger partial charge on any atom is -0.393 e. The first-order chi connectivity index (χ1) is 8.56. The molecule has 3 nitrogen and oxygen atoms in total. The van der Waals surface area contributed by atoms with E-state index in [1.165, 1.54) is 38.8 Å². The van der Waals surface area contributed by atoms with E-state index in [0.29, 0.717) is 5.92 Å². The lowest BCUT2D eigenvalue weighted by Crippen LogP contribution is -2.45. The summed E-state index contributed by atoms with van der Waals surface area (Å²) in [5.74, 6) is 1.29. The molecule has 0 radical (unpaired) electrons. The van der Waals surface area contributed by atoms with Crippen LogP contribution in [0.5, 0.6) is 0 Å². The third kappa shape index (κ3) is 3.69. The molecule has 0 amide bonds. The fourth-order valence-corrected chi connectivity index (χ4v) is 3.63. The van der Waals surface area contributed by atoms with Crippen LogP contribution in [0.2, 0.25) is 0 Å². The van der Waals surface area contributed by atoms with Crippen LogP contribution in [0, 0.1) is 11.8 Å². The van der Waals surface area contributed by atoms with Gasteiger partial charge in [0, 0.05) is 12.6 Å². The van der Waals surface area contributed by atoms with E-state index >= 15 is 0 Å². The maximum Gasteiger partial charge on any atom is 0.0580 e. The van der Waals surface area contributed by atoms with Crippen LogP contribution >= 0.6 is 0 Å². The third-order valence-electron chi connectivity index (χ3n) is 5.04. The van der Waals surface area contributed by atoms with E-state index < -0.39 is 0 Å². The predicted molar refractivity (Wildman–Crippen MR) is 75.7 cm³/mol. The van der Waals surface area contributed by atoms with Crippen molar-refractivity contribution in [3.05, 3.63) is 0 Å². The highest BCUT2D eigenvalue weighted by Crippen LogP contribution is 2.30. The Morgan fingerprint density at radius 2 is 1.83 bits per heavy atom. The molecule has 1 aliphatic carbocycles. The fraction of sp³-hybridized carbons (Fsp3) is 1.00. The van der Waals surface area contributed by atoms with Crippen molar-refractivity contribution in [1.29, 1.82) is 0 Å².